The van der Waals surface area contributed by atoms with Crippen LogP contribution in [0.3, 0.4) is 0 Å². The summed E-state index contributed by atoms with van der Waals surface area (Å²) in [5, 5.41) is 3.98. The van der Waals surface area contributed by atoms with Crippen molar-refractivity contribution in [3.63, 3.8) is 0 Å². The summed E-state index contributed by atoms with van der Waals surface area (Å²) in [7, 11) is 0. The van der Waals surface area contributed by atoms with Crippen molar-refractivity contribution < 1.29 is 28.2 Å². The lowest BCUT2D eigenvalue weighted by Crippen LogP contribution is -2.24. The predicted molar refractivity (Wildman–Crippen MR) is 142 cm³/mol. The number of ether oxygens (including phenoxy) is 3. The molecule has 0 aliphatic heterocycles. The predicted octanol–water partition coefficient (Wildman–Crippen LogP) is 5.64. The van der Waals surface area contributed by atoms with Crippen LogP contribution in [0.4, 0.5) is 4.39 Å². The van der Waals surface area contributed by atoms with Gasteiger partial charge in [0.1, 0.15) is 11.6 Å². The summed E-state index contributed by atoms with van der Waals surface area (Å²) >= 11 is 0. The summed E-state index contributed by atoms with van der Waals surface area (Å²) in [4.78, 5) is 24.7. The molecule has 0 saturated heterocycles. The fourth-order valence-corrected chi connectivity index (χ4v) is 3.51. The van der Waals surface area contributed by atoms with E-state index in [0.29, 0.717) is 23.7 Å². The zero-order valence-corrected chi connectivity index (χ0v) is 20.6. The summed E-state index contributed by atoms with van der Waals surface area (Å²) in [6, 6.07) is 27.1. The minimum atomic E-state index is -0.645. The highest BCUT2D eigenvalue weighted by Crippen LogP contribution is 2.30. The largest absolute Gasteiger partial charge is 0.490 e. The number of para-hydroxylation sites is 1. The average molecular weight is 513 g/mol. The van der Waals surface area contributed by atoms with Crippen LogP contribution >= 0.6 is 0 Å². The van der Waals surface area contributed by atoms with Crippen LogP contribution in [0.1, 0.15) is 22.8 Å². The zero-order chi connectivity index (χ0) is 26.7. The van der Waals surface area contributed by atoms with Gasteiger partial charge in [-0.2, -0.15) is 5.10 Å². The second kappa shape index (κ2) is 12.8. The SMILES string of the molecule is CCOc1cc(/C=N\NC(=O)COc2ccccc2-c2ccccc2)ccc1OC(=O)c1ccc(F)cc1. The first kappa shape index (κ1) is 26.1. The minimum absolute atomic E-state index is 0.202. The fraction of sp³-hybridized carbons (Fsp3) is 0.100. The number of halogens is 1. The van der Waals surface area contributed by atoms with E-state index in [4.69, 9.17) is 14.2 Å². The Morgan fingerprint density at radius 3 is 2.34 bits per heavy atom. The molecule has 0 spiro atoms. The van der Waals surface area contributed by atoms with Gasteiger partial charge in [0.15, 0.2) is 18.1 Å². The maximum atomic E-state index is 13.1. The molecule has 0 heterocycles. The third kappa shape index (κ3) is 7.04. The lowest BCUT2D eigenvalue weighted by molar-refractivity contribution is -0.123. The standard InChI is InChI=1S/C30H25FN2O5/c1-2-36-28-18-21(12-17-27(28)38-30(35)23-13-15-24(31)16-14-23)19-32-33-29(34)20-37-26-11-7-6-10-25(26)22-8-4-3-5-9-22/h3-19H,2,20H2,1H3,(H,33,34)/b32-19-. The van der Waals surface area contributed by atoms with Gasteiger partial charge in [0.25, 0.3) is 5.91 Å². The fourth-order valence-electron chi connectivity index (χ4n) is 3.51. The van der Waals surface area contributed by atoms with Crippen LogP contribution in [0, 0.1) is 5.82 Å². The van der Waals surface area contributed by atoms with Crippen LogP contribution in [0.2, 0.25) is 0 Å². The quantitative estimate of drug-likeness (QED) is 0.129. The van der Waals surface area contributed by atoms with Crippen molar-refractivity contribution in [2.75, 3.05) is 13.2 Å². The molecule has 4 aromatic carbocycles. The molecule has 0 atom stereocenters. The third-order valence-corrected chi connectivity index (χ3v) is 5.28. The molecule has 38 heavy (non-hydrogen) atoms. The van der Waals surface area contributed by atoms with Crippen LogP contribution in [0.15, 0.2) is 102 Å². The first-order valence-electron chi connectivity index (χ1n) is 11.9. The Morgan fingerprint density at radius 1 is 0.842 bits per heavy atom. The second-order valence-corrected chi connectivity index (χ2v) is 7.98. The molecular formula is C30H25FN2O5. The topological polar surface area (TPSA) is 86.2 Å². The van der Waals surface area contributed by atoms with Gasteiger partial charge < -0.3 is 14.2 Å². The maximum Gasteiger partial charge on any atom is 0.343 e. The van der Waals surface area contributed by atoms with E-state index in [1.165, 1.54) is 30.5 Å². The molecule has 0 aliphatic carbocycles. The van der Waals surface area contributed by atoms with Crippen LogP contribution in [0.25, 0.3) is 11.1 Å². The number of nitrogens with zero attached hydrogens (tertiary/aromatic N) is 1. The zero-order valence-electron chi connectivity index (χ0n) is 20.6. The maximum absolute atomic E-state index is 13.1. The van der Waals surface area contributed by atoms with E-state index in [9.17, 15) is 14.0 Å². The molecule has 8 heteroatoms. The lowest BCUT2D eigenvalue weighted by atomic mass is 10.1. The first-order valence-corrected chi connectivity index (χ1v) is 11.9. The van der Waals surface area contributed by atoms with Gasteiger partial charge >= 0.3 is 5.97 Å². The molecule has 0 radical (unpaired) electrons. The average Bonchev–Trinajstić information content (AvgIpc) is 2.94. The number of amides is 1. The number of esters is 1. The van der Waals surface area contributed by atoms with Crippen molar-refractivity contribution in [3.8, 4) is 28.4 Å². The Morgan fingerprint density at radius 2 is 1.58 bits per heavy atom. The number of hydrazone groups is 1. The van der Waals surface area contributed by atoms with E-state index in [2.05, 4.69) is 10.5 Å². The van der Waals surface area contributed by atoms with Crippen molar-refractivity contribution in [2.45, 2.75) is 6.92 Å². The normalized spacial score (nSPS) is 10.7. The van der Waals surface area contributed by atoms with Crippen molar-refractivity contribution >= 4 is 18.1 Å². The number of benzene rings is 4. The molecule has 7 nitrogen and oxygen atoms in total. The van der Waals surface area contributed by atoms with Gasteiger partial charge in [0.05, 0.1) is 18.4 Å². The molecule has 192 valence electrons. The molecule has 0 bridgehead atoms. The summed E-state index contributed by atoms with van der Waals surface area (Å²) in [6.07, 6.45) is 1.43. The second-order valence-electron chi connectivity index (χ2n) is 7.98. The molecular weight excluding hydrogens is 487 g/mol. The lowest BCUT2D eigenvalue weighted by Gasteiger charge is -2.11. The Hall–Kier alpha value is -4.98. The number of hydrogen-bond donors (Lipinski definition) is 1. The Bertz CT molecular complexity index is 1420. The molecule has 0 aliphatic rings. The third-order valence-electron chi connectivity index (χ3n) is 5.28. The van der Waals surface area contributed by atoms with Crippen molar-refractivity contribution in [3.05, 3.63) is 114 Å². The van der Waals surface area contributed by atoms with E-state index in [-0.39, 0.29) is 17.9 Å². The minimum Gasteiger partial charge on any atom is -0.490 e. The summed E-state index contributed by atoms with van der Waals surface area (Å²) in [5.41, 5.74) is 5.11. The number of carbonyl (C=O) groups excluding carboxylic acids is 2. The summed E-state index contributed by atoms with van der Waals surface area (Å²) in [5.74, 6) is -0.416. The van der Waals surface area contributed by atoms with E-state index >= 15 is 0 Å². The van der Waals surface area contributed by atoms with Gasteiger partial charge in [-0.05, 0) is 66.6 Å². The Kier molecular flexibility index (Phi) is 8.80. The molecule has 1 amide bonds. The Labute approximate surface area is 219 Å². The van der Waals surface area contributed by atoms with Crippen LogP contribution in [-0.4, -0.2) is 31.3 Å². The number of carbonyl (C=O) groups is 2. The van der Waals surface area contributed by atoms with Gasteiger partial charge in [0, 0.05) is 5.56 Å². The van der Waals surface area contributed by atoms with E-state index in [1.54, 1.807) is 31.2 Å². The van der Waals surface area contributed by atoms with Crippen LogP contribution < -0.4 is 19.6 Å². The molecule has 4 rings (SSSR count). The monoisotopic (exact) mass is 512 g/mol. The van der Waals surface area contributed by atoms with Gasteiger partial charge in [-0.1, -0.05) is 48.5 Å². The number of hydrogen-bond acceptors (Lipinski definition) is 6. The highest BCUT2D eigenvalue weighted by atomic mass is 19.1. The highest BCUT2D eigenvalue weighted by Gasteiger charge is 2.14. The van der Waals surface area contributed by atoms with Crippen LogP contribution in [-0.2, 0) is 4.79 Å². The number of nitrogens with one attached hydrogen (secondary N) is 1. The van der Waals surface area contributed by atoms with Crippen LogP contribution in [0.5, 0.6) is 17.2 Å². The van der Waals surface area contributed by atoms with Crippen molar-refractivity contribution in [1.82, 2.24) is 5.43 Å². The van der Waals surface area contributed by atoms with Gasteiger partial charge in [-0.15, -0.1) is 0 Å². The smallest absolute Gasteiger partial charge is 0.343 e. The molecule has 0 aromatic heterocycles. The van der Waals surface area contributed by atoms with Gasteiger partial charge in [0.2, 0.25) is 0 Å². The van der Waals surface area contributed by atoms with Crippen molar-refractivity contribution in [1.29, 1.82) is 0 Å². The van der Waals surface area contributed by atoms with E-state index in [1.807, 2.05) is 48.5 Å². The van der Waals surface area contributed by atoms with E-state index < -0.39 is 17.7 Å². The molecule has 0 unspecified atom stereocenters. The highest BCUT2D eigenvalue weighted by molar-refractivity contribution is 5.91. The van der Waals surface area contributed by atoms with Gasteiger partial charge in [-0.25, -0.2) is 14.6 Å². The molecule has 4 aromatic rings. The molecule has 0 saturated carbocycles. The van der Waals surface area contributed by atoms with Crippen molar-refractivity contribution in [2.24, 2.45) is 5.10 Å². The van der Waals surface area contributed by atoms with Gasteiger partial charge in [-0.3, -0.25) is 4.79 Å². The number of rotatable bonds is 10. The molecule has 1 N–H and O–H groups in total. The summed E-state index contributed by atoms with van der Waals surface area (Å²) < 4.78 is 29.9. The first-order chi connectivity index (χ1) is 18.5. The summed E-state index contributed by atoms with van der Waals surface area (Å²) in [6.45, 7) is 1.91. The molecule has 0 fully saturated rings. The van der Waals surface area contributed by atoms with E-state index in [0.717, 1.165) is 11.1 Å². The Balaban J connectivity index is 1.35.